The molecule has 2 heterocycles. The molecule has 6 atom stereocenters. The van der Waals surface area contributed by atoms with Crippen molar-refractivity contribution in [1.29, 1.82) is 0 Å². The number of amides is 1. The molecule has 1 amide bonds. The van der Waals surface area contributed by atoms with Gasteiger partial charge in [-0.3, -0.25) is 14.9 Å². The smallest absolute Gasteiger partial charge is 0.269 e. The van der Waals surface area contributed by atoms with Gasteiger partial charge in [0.15, 0.2) is 11.5 Å². The van der Waals surface area contributed by atoms with Crippen LogP contribution in [0.4, 0.5) is 5.69 Å². The normalized spacial score (nSPS) is 22.6. The van der Waals surface area contributed by atoms with E-state index in [9.17, 15) is 20.3 Å². The summed E-state index contributed by atoms with van der Waals surface area (Å²) in [5, 5.41) is 36.3. The zero-order valence-electron chi connectivity index (χ0n) is 39.0. The number of non-ortho nitro benzene ring substituents is 1. The van der Waals surface area contributed by atoms with Gasteiger partial charge in [-0.05, 0) is 122 Å². The molecule has 2 N–H and O–H groups in total. The number of fused-ring (bicyclic) bond motifs is 3. The summed E-state index contributed by atoms with van der Waals surface area (Å²) in [5.41, 5.74) is 3.88. The van der Waals surface area contributed by atoms with E-state index in [2.05, 4.69) is 30.9 Å². The predicted octanol–water partition coefficient (Wildman–Crippen LogP) is 9.89. The average Bonchev–Trinajstić information content (AvgIpc) is 3.85. The largest absolute Gasteiger partial charge is 0.493 e. The lowest BCUT2D eigenvalue weighted by Gasteiger charge is -2.60. The number of nitrogens with zero attached hydrogens (tertiary/aromatic N) is 3. The summed E-state index contributed by atoms with van der Waals surface area (Å²) in [5.74, 6) is 0.687. The van der Waals surface area contributed by atoms with Crippen LogP contribution in [0.2, 0.25) is 0 Å². The Morgan fingerprint density at radius 2 is 1.74 bits per heavy atom. The second-order valence-electron chi connectivity index (χ2n) is 17.5. The number of benzene rings is 4. The first-order valence-electron chi connectivity index (χ1n) is 23.9. The van der Waals surface area contributed by atoms with Crippen LogP contribution in [0.15, 0.2) is 131 Å². The highest BCUT2D eigenvalue weighted by molar-refractivity contribution is 7.99. The van der Waals surface area contributed by atoms with Gasteiger partial charge in [0.2, 0.25) is 18.5 Å². The molecular weight excluding hydrogens is 899 g/mol. The number of rotatable bonds is 24. The van der Waals surface area contributed by atoms with E-state index < -0.39 is 22.7 Å². The molecule has 1 saturated carbocycles. The fourth-order valence-electron chi connectivity index (χ4n) is 10.3. The van der Waals surface area contributed by atoms with Crippen LogP contribution in [0.3, 0.4) is 0 Å². The van der Waals surface area contributed by atoms with Gasteiger partial charge in [0.05, 0.1) is 29.8 Å². The molecule has 0 aromatic heterocycles. The molecule has 0 spiro atoms. The first kappa shape index (κ1) is 49.3. The number of oxime groups is 1. The third-order valence-electron chi connectivity index (χ3n) is 13.3. The average molecular weight is 960 g/mol. The summed E-state index contributed by atoms with van der Waals surface area (Å²) in [4.78, 5) is 35.1. The van der Waals surface area contributed by atoms with Crippen molar-refractivity contribution in [3.05, 3.63) is 148 Å². The Hall–Kier alpha value is -6.13. The van der Waals surface area contributed by atoms with Gasteiger partial charge in [-0.2, -0.15) is 0 Å². The van der Waals surface area contributed by atoms with Crippen molar-refractivity contribution in [3.63, 3.8) is 0 Å². The number of nitro benzene ring substituents is 1. The van der Waals surface area contributed by atoms with Crippen molar-refractivity contribution >= 4 is 35.1 Å². The summed E-state index contributed by atoms with van der Waals surface area (Å²) < 4.78 is 32.6. The molecule has 4 aromatic carbocycles. The van der Waals surface area contributed by atoms with Crippen molar-refractivity contribution in [2.24, 2.45) is 22.9 Å². The summed E-state index contributed by atoms with van der Waals surface area (Å²) in [7, 11) is 0. The van der Waals surface area contributed by atoms with Gasteiger partial charge in [0, 0.05) is 66.5 Å². The van der Waals surface area contributed by atoms with E-state index in [1.165, 1.54) is 23.1 Å². The van der Waals surface area contributed by atoms with E-state index in [0.29, 0.717) is 60.3 Å². The van der Waals surface area contributed by atoms with Crippen LogP contribution in [0.1, 0.15) is 74.5 Å². The van der Waals surface area contributed by atoms with Gasteiger partial charge in [0.1, 0.15) is 24.1 Å². The standard InChI is InChI=1S/C54H61N3O11S/c1-3-28-66-54-50(56(35-38-18-23-48-49(31-38)65-36-64-48)51(60)25-19-37-16-20-40(21-17-37)57(61)62)34-46(55-67-4-2)44-32-39(12-8-10-26-58)43(15-9-11-27-59)52(53(44)54)45-33-41(22-24-47(45)68-54)63-29-30-69-42-13-6-5-7-14-42/h3,5-7,13-14,16-25,31-33,39,43,50,52-53,58-59H,1,4,8-12,15,26-30,34-36H2,2H3/t39-,43+,50-,52+,53+,54+/m0/s1. The van der Waals surface area contributed by atoms with Gasteiger partial charge in [0.25, 0.3) is 5.69 Å². The lowest BCUT2D eigenvalue weighted by atomic mass is 9.55. The molecule has 4 aromatic rings. The minimum absolute atomic E-state index is 0.0226. The molecule has 0 unspecified atom stereocenters. The Balaban J connectivity index is 1.28. The number of hydrogen-bond acceptors (Lipinski definition) is 13. The van der Waals surface area contributed by atoms with Gasteiger partial charge in [-0.25, -0.2) is 0 Å². The maximum absolute atomic E-state index is 15.2. The zero-order valence-corrected chi connectivity index (χ0v) is 39.8. The number of carbonyl (C=O) groups is 1. The molecular formula is C54H61N3O11S. The second-order valence-corrected chi connectivity index (χ2v) is 18.7. The topological polar surface area (TPSA) is 172 Å². The maximum atomic E-state index is 15.2. The summed E-state index contributed by atoms with van der Waals surface area (Å²) >= 11 is 1.73. The molecule has 14 nitrogen and oxygen atoms in total. The molecule has 2 aliphatic carbocycles. The van der Waals surface area contributed by atoms with E-state index in [1.807, 2.05) is 55.5 Å². The lowest BCUT2D eigenvalue weighted by Crippen LogP contribution is -2.70. The molecule has 8 rings (SSSR count). The minimum Gasteiger partial charge on any atom is -0.493 e. The third kappa shape index (κ3) is 11.3. The molecule has 1 fully saturated rings. The van der Waals surface area contributed by atoms with E-state index in [1.54, 1.807) is 40.9 Å². The second kappa shape index (κ2) is 23.5. The Morgan fingerprint density at radius 1 is 0.971 bits per heavy atom. The molecule has 0 saturated heterocycles. The quantitative estimate of drug-likeness (QED) is 0.0170. The minimum atomic E-state index is -1.50. The number of carbonyl (C=O) groups excluding carboxylic acids is 1. The fraction of sp³-hybridized carbons (Fsp3) is 0.407. The van der Waals surface area contributed by atoms with Gasteiger partial charge in [-0.15, -0.1) is 18.3 Å². The SMILES string of the molecule is C=CCO[C@@]12Oc3ccc(OCCSc4ccccc4)cc3[C@H]3[C@H](CCCCO)[C@@H](CCCCO)C=C(C(=NOCC)C[C@@H]1N(Cc1ccc4c(c1)OCO4)C(=O)C=Cc1ccc([N+](=O)[O-])cc1)[C@H]32. The molecule has 15 heteroatoms. The number of hydrogen-bond donors (Lipinski definition) is 2. The first-order chi connectivity index (χ1) is 33.8. The number of unbranched alkanes of at least 4 members (excludes halogenated alkanes) is 2. The number of thioether (sulfide) groups is 1. The Labute approximate surface area is 407 Å². The van der Waals surface area contributed by atoms with E-state index in [0.717, 1.165) is 48.1 Å². The van der Waals surface area contributed by atoms with Crippen molar-refractivity contribution < 1.29 is 48.5 Å². The highest BCUT2D eigenvalue weighted by Crippen LogP contribution is 2.62. The number of aliphatic hydroxyl groups is 2. The molecule has 0 radical (unpaired) electrons. The van der Waals surface area contributed by atoms with Crippen LogP contribution in [-0.4, -0.2) is 89.1 Å². The van der Waals surface area contributed by atoms with Crippen molar-refractivity contribution in [2.45, 2.75) is 81.1 Å². The maximum Gasteiger partial charge on any atom is 0.269 e. The molecule has 69 heavy (non-hydrogen) atoms. The Kier molecular flexibility index (Phi) is 16.8. The van der Waals surface area contributed by atoms with Crippen molar-refractivity contribution in [2.75, 3.05) is 45.6 Å². The highest BCUT2D eigenvalue weighted by Gasteiger charge is 2.65. The van der Waals surface area contributed by atoms with Crippen LogP contribution in [-0.2, 0) is 20.9 Å². The molecule has 4 aliphatic rings. The van der Waals surface area contributed by atoms with Crippen LogP contribution in [0.5, 0.6) is 23.0 Å². The van der Waals surface area contributed by atoms with E-state index in [4.69, 9.17) is 33.7 Å². The molecule has 2 aliphatic heterocycles. The monoisotopic (exact) mass is 959 g/mol. The molecule has 0 bridgehead atoms. The Bertz CT molecular complexity index is 2500. The fourth-order valence-corrected chi connectivity index (χ4v) is 11.0. The third-order valence-corrected chi connectivity index (χ3v) is 14.3. The highest BCUT2D eigenvalue weighted by atomic mass is 32.2. The van der Waals surface area contributed by atoms with Crippen LogP contribution in [0, 0.1) is 27.9 Å². The number of allylic oxidation sites excluding steroid dienone is 1. The summed E-state index contributed by atoms with van der Waals surface area (Å²) in [6.45, 7) is 7.19. The van der Waals surface area contributed by atoms with Crippen LogP contribution in [0.25, 0.3) is 6.08 Å². The van der Waals surface area contributed by atoms with Crippen LogP contribution >= 0.6 is 11.8 Å². The van der Waals surface area contributed by atoms with Gasteiger partial charge in [-0.1, -0.05) is 54.4 Å². The number of aliphatic hydroxyl groups excluding tert-OH is 2. The van der Waals surface area contributed by atoms with E-state index in [-0.39, 0.29) is 68.9 Å². The Morgan fingerprint density at radius 3 is 2.49 bits per heavy atom. The van der Waals surface area contributed by atoms with E-state index >= 15 is 4.79 Å². The van der Waals surface area contributed by atoms with Crippen molar-refractivity contribution in [1.82, 2.24) is 4.90 Å². The van der Waals surface area contributed by atoms with Crippen molar-refractivity contribution in [3.8, 4) is 23.0 Å². The zero-order chi connectivity index (χ0) is 48.2. The van der Waals surface area contributed by atoms with Gasteiger partial charge >= 0.3 is 0 Å². The summed E-state index contributed by atoms with van der Waals surface area (Å²) in [6.07, 6.45) is 11.8. The first-order valence-corrected chi connectivity index (χ1v) is 24.9. The molecule has 364 valence electrons. The van der Waals surface area contributed by atoms with Crippen LogP contribution < -0.4 is 18.9 Å². The number of nitro groups is 1. The summed E-state index contributed by atoms with van der Waals surface area (Å²) in [6, 6.07) is 27.0. The number of ether oxygens (including phenoxy) is 5. The predicted molar refractivity (Wildman–Crippen MR) is 264 cm³/mol. The lowest BCUT2D eigenvalue weighted by molar-refractivity contribution is -0.384. The van der Waals surface area contributed by atoms with Gasteiger partial charge < -0.3 is 43.6 Å².